The molecule has 6 heteroatoms. The van der Waals surface area contributed by atoms with Crippen LogP contribution < -0.4 is 0 Å². The van der Waals surface area contributed by atoms with Gasteiger partial charge in [-0.3, -0.25) is 4.79 Å². The molecule has 0 N–H and O–H groups in total. The van der Waals surface area contributed by atoms with Crippen LogP contribution in [-0.2, 0) is 20.8 Å². The van der Waals surface area contributed by atoms with E-state index in [1.54, 1.807) is 12.1 Å². The predicted octanol–water partition coefficient (Wildman–Crippen LogP) is 2.87. The Morgan fingerprint density at radius 3 is 2.81 bits per heavy atom. The second-order valence-corrected chi connectivity index (χ2v) is 5.55. The zero-order chi connectivity index (χ0) is 15.2. The second-order valence-electron chi connectivity index (χ2n) is 4.70. The first-order chi connectivity index (χ1) is 10.1. The zero-order valence-corrected chi connectivity index (χ0v) is 13.1. The third kappa shape index (κ3) is 4.62. The maximum absolute atomic E-state index is 13.6. The van der Waals surface area contributed by atoms with Crippen LogP contribution in [0.1, 0.15) is 12.0 Å². The van der Waals surface area contributed by atoms with Gasteiger partial charge < -0.3 is 14.4 Å². The molecule has 0 radical (unpaired) electrons. The van der Waals surface area contributed by atoms with Gasteiger partial charge in [-0.15, -0.1) is 0 Å². The maximum atomic E-state index is 13.6. The van der Waals surface area contributed by atoms with Crippen LogP contribution in [0.15, 0.2) is 35.3 Å². The van der Waals surface area contributed by atoms with E-state index in [9.17, 15) is 9.18 Å². The van der Waals surface area contributed by atoms with Crippen molar-refractivity contribution in [1.29, 1.82) is 0 Å². The number of nitrogens with zero attached hydrogens (tertiary/aromatic N) is 1. The molecule has 4 nitrogen and oxygen atoms in total. The highest BCUT2D eigenvalue weighted by Gasteiger charge is 2.21. The smallest absolute Gasteiger partial charge is 0.246 e. The molecule has 1 heterocycles. The fraction of sp³-hybridized carbons (Fsp3) is 0.400. The standard InChI is InChI=1S/C15H17BrFNO3/c1-2-14(19)18(10-15-20-6-3-7-21-15)9-11-4-5-12(16)13(17)8-11/h2,4-5,8,15H,1,3,6-7,9-10H2. The molecule has 2 rings (SSSR count). The van der Waals surface area contributed by atoms with Crippen molar-refractivity contribution in [3.8, 4) is 0 Å². The highest BCUT2D eigenvalue weighted by atomic mass is 79.9. The third-order valence-corrected chi connectivity index (χ3v) is 3.75. The normalized spacial score (nSPS) is 15.7. The predicted molar refractivity (Wildman–Crippen MR) is 80.0 cm³/mol. The van der Waals surface area contributed by atoms with Gasteiger partial charge in [0.2, 0.25) is 5.91 Å². The van der Waals surface area contributed by atoms with Crippen LogP contribution in [0.4, 0.5) is 4.39 Å². The van der Waals surface area contributed by atoms with Gasteiger partial charge in [0.1, 0.15) is 5.82 Å². The Kier molecular flexibility index (Phi) is 5.90. The van der Waals surface area contributed by atoms with E-state index in [1.165, 1.54) is 17.0 Å². The lowest BCUT2D eigenvalue weighted by Crippen LogP contribution is -2.40. The van der Waals surface area contributed by atoms with E-state index in [4.69, 9.17) is 9.47 Å². The van der Waals surface area contributed by atoms with Gasteiger partial charge in [-0.05, 0) is 46.1 Å². The molecule has 0 spiro atoms. The van der Waals surface area contributed by atoms with Crippen LogP contribution in [0.5, 0.6) is 0 Å². The second kappa shape index (κ2) is 7.68. The van der Waals surface area contributed by atoms with Gasteiger partial charge in [-0.25, -0.2) is 4.39 Å². The first-order valence-corrected chi connectivity index (χ1v) is 7.48. The lowest BCUT2D eigenvalue weighted by atomic mass is 10.2. The van der Waals surface area contributed by atoms with Gasteiger partial charge >= 0.3 is 0 Å². The summed E-state index contributed by atoms with van der Waals surface area (Å²) in [5.41, 5.74) is 0.696. The fourth-order valence-corrected chi connectivity index (χ4v) is 2.29. The van der Waals surface area contributed by atoms with E-state index in [0.717, 1.165) is 6.42 Å². The molecule has 0 aliphatic carbocycles. The minimum atomic E-state index is -0.442. The molecule has 114 valence electrons. The number of carbonyl (C=O) groups excluding carboxylic acids is 1. The van der Waals surface area contributed by atoms with Crippen LogP contribution in [0.3, 0.4) is 0 Å². The molecule has 1 aliphatic heterocycles. The molecule has 1 amide bonds. The van der Waals surface area contributed by atoms with Crippen LogP contribution in [0, 0.1) is 5.82 Å². The molecule has 0 atom stereocenters. The summed E-state index contributed by atoms with van der Waals surface area (Å²) in [6, 6.07) is 4.78. The molecule has 1 aromatic rings. The number of rotatable bonds is 5. The van der Waals surface area contributed by atoms with E-state index >= 15 is 0 Å². The van der Waals surface area contributed by atoms with Crippen molar-refractivity contribution in [3.63, 3.8) is 0 Å². The number of hydrogen-bond acceptors (Lipinski definition) is 3. The summed E-state index contributed by atoms with van der Waals surface area (Å²) >= 11 is 3.11. The van der Waals surface area contributed by atoms with E-state index in [-0.39, 0.29) is 18.3 Å². The molecule has 1 fully saturated rings. The molecule has 0 saturated carbocycles. The molecule has 21 heavy (non-hydrogen) atoms. The number of amides is 1. The van der Waals surface area contributed by atoms with E-state index in [1.807, 2.05) is 0 Å². The van der Waals surface area contributed by atoms with Crippen molar-refractivity contribution in [1.82, 2.24) is 4.90 Å². The number of halogens is 2. The van der Waals surface area contributed by atoms with Crippen LogP contribution in [0.25, 0.3) is 0 Å². The van der Waals surface area contributed by atoms with Crippen LogP contribution in [0.2, 0.25) is 0 Å². The van der Waals surface area contributed by atoms with Gasteiger partial charge in [-0.1, -0.05) is 12.6 Å². The van der Waals surface area contributed by atoms with Crippen molar-refractivity contribution in [3.05, 3.63) is 46.7 Å². The molecule has 1 saturated heterocycles. The lowest BCUT2D eigenvalue weighted by Gasteiger charge is -2.29. The number of benzene rings is 1. The van der Waals surface area contributed by atoms with E-state index in [2.05, 4.69) is 22.5 Å². The quantitative estimate of drug-likeness (QED) is 0.760. The maximum Gasteiger partial charge on any atom is 0.246 e. The topological polar surface area (TPSA) is 38.8 Å². The summed E-state index contributed by atoms with van der Waals surface area (Å²) in [6.07, 6.45) is 1.64. The molecule has 0 bridgehead atoms. The first-order valence-electron chi connectivity index (χ1n) is 6.68. The van der Waals surface area contributed by atoms with Crippen molar-refractivity contribution in [2.45, 2.75) is 19.3 Å². The van der Waals surface area contributed by atoms with Crippen molar-refractivity contribution >= 4 is 21.8 Å². The Hall–Kier alpha value is -1.24. The zero-order valence-electron chi connectivity index (χ0n) is 11.6. The largest absolute Gasteiger partial charge is 0.351 e. The van der Waals surface area contributed by atoms with Crippen molar-refractivity contribution < 1.29 is 18.7 Å². The Bertz CT molecular complexity index is 518. The average Bonchev–Trinajstić information content (AvgIpc) is 2.50. The van der Waals surface area contributed by atoms with E-state index in [0.29, 0.717) is 29.8 Å². The number of ether oxygens (including phenoxy) is 2. The first kappa shape index (κ1) is 16.1. The lowest BCUT2D eigenvalue weighted by molar-refractivity contribution is -0.188. The van der Waals surface area contributed by atoms with Crippen LogP contribution >= 0.6 is 15.9 Å². The summed E-state index contributed by atoms with van der Waals surface area (Å²) in [5.74, 6) is -0.597. The molecule has 1 aromatic carbocycles. The molecule has 0 unspecified atom stereocenters. The monoisotopic (exact) mass is 357 g/mol. The van der Waals surface area contributed by atoms with E-state index < -0.39 is 6.29 Å². The summed E-state index contributed by atoms with van der Waals surface area (Å²) in [7, 11) is 0. The van der Waals surface area contributed by atoms with Crippen LogP contribution in [-0.4, -0.2) is 36.9 Å². The Morgan fingerprint density at radius 1 is 1.48 bits per heavy atom. The summed E-state index contributed by atoms with van der Waals surface area (Å²) in [6.45, 7) is 5.30. The summed E-state index contributed by atoms with van der Waals surface area (Å²) in [5, 5.41) is 0. The summed E-state index contributed by atoms with van der Waals surface area (Å²) < 4.78 is 24.8. The molecular formula is C15H17BrFNO3. The summed E-state index contributed by atoms with van der Waals surface area (Å²) in [4.78, 5) is 13.5. The van der Waals surface area contributed by atoms with Gasteiger partial charge in [0, 0.05) is 6.54 Å². The SMILES string of the molecule is C=CC(=O)N(Cc1ccc(Br)c(F)c1)CC1OCCCO1. The Morgan fingerprint density at radius 2 is 2.19 bits per heavy atom. The van der Waals surface area contributed by atoms with Gasteiger partial charge in [-0.2, -0.15) is 0 Å². The molecule has 1 aliphatic rings. The highest BCUT2D eigenvalue weighted by Crippen LogP contribution is 2.18. The van der Waals surface area contributed by atoms with Gasteiger partial charge in [0.05, 0.1) is 24.2 Å². The fourth-order valence-electron chi connectivity index (χ4n) is 2.04. The van der Waals surface area contributed by atoms with Gasteiger partial charge in [0.15, 0.2) is 6.29 Å². The van der Waals surface area contributed by atoms with Gasteiger partial charge in [0.25, 0.3) is 0 Å². The minimum absolute atomic E-state index is 0.240. The molecule has 0 aromatic heterocycles. The molecular weight excluding hydrogens is 341 g/mol. The minimum Gasteiger partial charge on any atom is -0.351 e. The van der Waals surface area contributed by atoms with Crippen molar-refractivity contribution in [2.24, 2.45) is 0 Å². The average molecular weight is 358 g/mol. The Balaban J connectivity index is 2.06. The Labute approximate surface area is 131 Å². The van der Waals surface area contributed by atoms with Crippen molar-refractivity contribution in [2.75, 3.05) is 19.8 Å². The third-order valence-electron chi connectivity index (χ3n) is 3.11. The number of hydrogen-bond donors (Lipinski definition) is 0. The highest BCUT2D eigenvalue weighted by molar-refractivity contribution is 9.10. The number of carbonyl (C=O) groups is 1.